The molecule has 0 aromatic heterocycles. The molecular formula is C16H25BrN2. The van der Waals surface area contributed by atoms with Gasteiger partial charge in [-0.3, -0.25) is 0 Å². The van der Waals surface area contributed by atoms with Gasteiger partial charge in [0.05, 0.1) is 0 Å². The summed E-state index contributed by atoms with van der Waals surface area (Å²) in [6.45, 7) is 4.82. The Balaban J connectivity index is 1.65. The molecule has 1 aromatic carbocycles. The standard InChI is InChI=1S/C16H25BrN2/c1-19(11-7-14-5-9-18-10-6-14)12-8-15-3-2-4-16(17)13-15/h2-4,13-14,18H,5-12H2,1H3. The van der Waals surface area contributed by atoms with Crippen LogP contribution < -0.4 is 5.32 Å². The molecule has 1 aliphatic rings. The Labute approximate surface area is 125 Å². The number of hydrogen-bond acceptors (Lipinski definition) is 2. The number of benzene rings is 1. The van der Waals surface area contributed by atoms with Crippen LogP contribution in [0.1, 0.15) is 24.8 Å². The van der Waals surface area contributed by atoms with E-state index in [-0.39, 0.29) is 0 Å². The summed E-state index contributed by atoms with van der Waals surface area (Å²) in [5.41, 5.74) is 1.42. The van der Waals surface area contributed by atoms with Crippen LogP contribution in [0.15, 0.2) is 28.7 Å². The monoisotopic (exact) mass is 324 g/mol. The first-order valence-electron chi connectivity index (χ1n) is 7.38. The molecule has 1 aliphatic heterocycles. The smallest absolute Gasteiger partial charge is 0.0178 e. The zero-order valence-electron chi connectivity index (χ0n) is 11.9. The highest BCUT2D eigenvalue weighted by molar-refractivity contribution is 9.10. The molecule has 0 radical (unpaired) electrons. The van der Waals surface area contributed by atoms with E-state index in [0.29, 0.717) is 0 Å². The van der Waals surface area contributed by atoms with E-state index in [1.54, 1.807) is 0 Å². The molecule has 1 fully saturated rings. The third-order valence-electron chi connectivity index (χ3n) is 4.05. The van der Waals surface area contributed by atoms with Crippen molar-refractivity contribution in [3.8, 4) is 0 Å². The Morgan fingerprint density at radius 1 is 1.26 bits per heavy atom. The maximum absolute atomic E-state index is 3.53. The summed E-state index contributed by atoms with van der Waals surface area (Å²) in [7, 11) is 2.25. The van der Waals surface area contributed by atoms with Crippen molar-refractivity contribution in [3.05, 3.63) is 34.3 Å². The van der Waals surface area contributed by atoms with Crippen LogP contribution in [-0.4, -0.2) is 38.1 Å². The highest BCUT2D eigenvalue weighted by Gasteiger charge is 2.13. The highest BCUT2D eigenvalue weighted by atomic mass is 79.9. The quantitative estimate of drug-likeness (QED) is 0.863. The van der Waals surface area contributed by atoms with Gasteiger partial charge in [0.1, 0.15) is 0 Å². The minimum Gasteiger partial charge on any atom is -0.317 e. The van der Waals surface area contributed by atoms with Gasteiger partial charge in [0.2, 0.25) is 0 Å². The summed E-state index contributed by atoms with van der Waals surface area (Å²) < 4.78 is 1.18. The van der Waals surface area contributed by atoms with Crippen LogP contribution in [0.3, 0.4) is 0 Å². The topological polar surface area (TPSA) is 15.3 Å². The molecule has 106 valence electrons. The summed E-state index contributed by atoms with van der Waals surface area (Å²) in [6, 6.07) is 8.64. The third-order valence-corrected chi connectivity index (χ3v) is 4.54. The summed E-state index contributed by atoms with van der Waals surface area (Å²) in [4.78, 5) is 2.48. The first-order valence-corrected chi connectivity index (χ1v) is 8.17. The van der Waals surface area contributed by atoms with Gasteiger partial charge in [-0.05, 0) is 76.0 Å². The fraction of sp³-hybridized carbons (Fsp3) is 0.625. The summed E-state index contributed by atoms with van der Waals surface area (Å²) in [6.07, 6.45) is 5.22. The van der Waals surface area contributed by atoms with Crippen LogP contribution in [0.5, 0.6) is 0 Å². The number of hydrogen-bond donors (Lipinski definition) is 1. The predicted molar refractivity (Wildman–Crippen MR) is 85.6 cm³/mol. The second-order valence-electron chi connectivity index (χ2n) is 5.67. The number of likely N-dealkylation sites (N-methyl/N-ethyl adjacent to an activating group) is 1. The Kier molecular flexibility index (Phi) is 6.35. The maximum atomic E-state index is 3.53. The molecule has 0 saturated carbocycles. The Morgan fingerprint density at radius 3 is 2.79 bits per heavy atom. The lowest BCUT2D eigenvalue weighted by atomic mass is 9.94. The van der Waals surface area contributed by atoms with Gasteiger partial charge < -0.3 is 10.2 Å². The average molecular weight is 325 g/mol. The van der Waals surface area contributed by atoms with Gasteiger partial charge in [-0.1, -0.05) is 28.1 Å². The molecule has 0 unspecified atom stereocenters. The van der Waals surface area contributed by atoms with E-state index in [9.17, 15) is 0 Å². The molecule has 1 saturated heterocycles. The molecule has 3 heteroatoms. The fourth-order valence-corrected chi connectivity index (χ4v) is 3.14. The van der Waals surface area contributed by atoms with E-state index in [0.717, 1.165) is 18.9 Å². The SMILES string of the molecule is CN(CCc1cccc(Br)c1)CCC1CCNCC1. The predicted octanol–water partition coefficient (Wildman–Crippen LogP) is 3.31. The lowest BCUT2D eigenvalue weighted by Gasteiger charge is -2.25. The highest BCUT2D eigenvalue weighted by Crippen LogP contribution is 2.16. The van der Waals surface area contributed by atoms with Crippen molar-refractivity contribution in [3.63, 3.8) is 0 Å². The molecule has 1 heterocycles. The van der Waals surface area contributed by atoms with Crippen LogP contribution in [-0.2, 0) is 6.42 Å². The molecule has 0 spiro atoms. The van der Waals surface area contributed by atoms with E-state index in [1.807, 2.05) is 0 Å². The van der Waals surface area contributed by atoms with Gasteiger partial charge in [0, 0.05) is 11.0 Å². The number of nitrogens with zero attached hydrogens (tertiary/aromatic N) is 1. The molecule has 1 aromatic rings. The first kappa shape index (κ1) is 15.0. The molecule has 2 rings (SSSR count). The lowest BCUT2D eigenvalue weighted by molar-refractivity contribution is 0.273. The van der Waals surface area contributed by atoms with E-state index in [4.69, 9.17) is 0 Å². The largest absolute Gasteiger partial charge is 0.317 e. The number of piperidine rings is 1. The van der Waals surface area contributed by atoms with E-state index in [1.165, 1.54) is 48.9 Å². The van der Waals surface area contributed by atoms with Gasteiger partial charge >= 0.3 is 0 Å². The maximum Gasteiger partial charge on any atom is 0.0178 e. The fourth-order valence-electron chi connectivity index (χ4n) is 2.70. The van der Waals surface area contributed by atoms with E-state index in [2.05, 4.69) is 57.5 Å². The van der Waals surface area contributed by atoms with Gasteiger partial charge in [0.15, 0.2) is 0 Å². The summed E-state index contributed by atoms with van der Waals surface area (Å²) in [5.74, 6) is 0.939. The number of nitrogens with one attached hydrogen (secondary N) is 1. The van der Waals surface area contributed by atoms with Crippen molar-refractivity contribution in [2.45, 2.75) is 25.7 Å². The average Bonchev–Trinajstić information content (AvgIpc) is 2.44. The van der Waals surface area contributed by atoms with Crippen molar-refractivity contribution < 1.29 is 0 Å². The minimum atomic E-state index is 0.939. The van der Waals surface area contributed by atoms with Crippen molar-refractivity contribution in [2.75, 3.05) is 33.2 Å². The first-order chi connectivity index (χ1) is 9.24. The van der Waals surface area contributed by atoms with Crippen LogP contribution in [0, 0.1) is 5.92 Å². The van der Waals surface area contributed by atoms with E-state index < -0.39 is 0 Å². The lowest BCUT2D eigenvalue weighted by Crippen LogP contribution is -2.30. The van der Waals surface area contributed by atoms with Crippen LogP contribution in [0.25, 0.3) is 0 Å². The van der Waals surface area contributed by atoms with Crippen LogP contribution in [0.2, 0.25) is 0 Å². The van der Waals surface area contributed by atoms with Crippen LogP contribution in [0.4, 0.5) is 0 Å². The summed E-state index contributed by atoms with van der Waals surface area (Å²) in [5, 5.41) is 3.44. The van der Waals surface area contributed by atoms with Gasteiger partial charge in [-0.2, -0.15) is 0 Å². The van der Waals surface area contributed by atoms with Gasteiger partial charge in [-0.15, -0.1) is 0 Å². The van der Waals surface area contributed by atoms with E-state index >= 15 is 0 Å². The Hall–Kier alpha value is -0.380. The molecule has 1 N–H and O–H groups in total. The third kappa shape index (κ3) is 5.64. The molecule has 0 amide bonds. The normalized spacial score (nSPS) is 17.0. The molecular weight excluding hydrogens is 300 g/mol. The zero-order chi connectivity index (χ0) is 13.5. The number of rotatable bonds is 6. The second-order valence-corrected chi connectivity index (χ2v) is 6.58. The summed E-state index contributed by atoms with van der Waals surface area (Å²) >= 11 is 3.53. The second kappa shape index (κ2) is 8.03. The number of halogens is 1. The van der Waals surface area contributed by atoms with Crippen molar-refractivity contribution >= 4 is 15.9 Å². The van der Waals surface area contributed by atoms with Crippen molar-refractivity contribution in [1.82, 2.24) is 10.2 Å². The zero-order valence-corrected chi connectivity index (χ0v) is 13.5. The molecule has 0 bridgehead atoms. The van der Waals surface area contributed by atoms with Crippen LogP contribution >= 0.6 is 15.9 Å². The van der Waals surface area contributed by atoms with Crippen molar-refractivity contribution in [1.29, 1.82) is 0 Å². The van der Waals surface area contributed by atoms with Gasteiger partial charge in [0.25, 0.3) is 0 Å². The molecule has 0 atom stereocenters. The molecule has 0 aliphatic carbocycles. The molecule has 2 nitrogen and oxygen atoms in total. The Morgan fingerprint density at radius 2 is 2.05 bits per heavy atom. The minimum absolute atomic E-state index is 0.939. The van der Waals surface area contributed by atoms with Crippen molar-refractivity contribution in [2.24, 2.45) is 5.92 Å². The Bertz CT molecular complexity index is 375. The molecule has 19 heavy (non-hydrogen) atoms. The van der Waals surface area contributed by atoms with Gasteiger partial charge in [-0.25, -0.2) is 0 Å².